The van der Waals surface area contributed by atoms with Gasteiger partial charge in [-0.2, -0.15) is 0 Å². The SMILES string of the molecule is Nc1cc(Cl)cc(C(=O)Nc2ccc(C(=O)O)cc2Br)c1. The zero-order valence-corrected chi connectivity index (χ0v) is 12.9. The molecule has 0 radical (unpaired) electrons. The van der Waals surface area contributed by atoms with Gasteiger partial charge >= 0.3 is 5.97 Å². The Labute approximate surface area is 133 Å². The van der Waals surface area contributed by atoms with Gasteiger partial charge in [-0.3, -0.25) is 4.79 Å². The molecule has 5 nitrogen and oxygen atoms in total. The van der Waals surface area contributed by atoms with Crippen LogP contribution in [0.15, 0.2) is 40.9 Å². The molecule has 0 aliphatic heterocycles. The van der Waals surface area contributed by atoms with Gasteiger partial charge in [0.05, 0.1) is 11.3 Å². The third-order valence-corrected chi connectivity index (χ3v) is 3.52. The van der Waals surface area contributed by atoms with Gasteiger partial charge in [-0.1, -0.05) is 11.6 Å². The van der Waals surface area contributed by atoms with Crippen LogP contribution >= 0.6 is 27.5 Å². The van der Waals surface area contributed by atoms with Crippen molar-refractivity contribution in [1.29, 1.82) is 0 Å². The average Bonchev–Trinajstić information content (AvgIpc) is 2.39. The number of nitrogens with one attached hydrogen (secondary N) is 1. The molecule has 0 saturated heterocycles. The molecule has 0 unspecified atom stereocenters. The maximum Gasteiger partial charge on any atom is 0.335 e. The van der Waals surface area contributed by atoms with Crippen molar-refractivity contribution >= 4 is 50.8 Å². The van der Waals surface area contributed by atoms with Gasteiger partial charge in [0, 0.05) is 20.7 Å². The molecule has 0 fully saturated rings. The molecular formula is C14H10BrClN2O3. The van der Waals surface area contributed by atoms with Gasteiger partial charge in [0.1, 0.15) is 0 Å². The number of aromatic carboxylic acids is 1. The highest BCUT2D eigenvalue weighted by Gasteiger charge is 2.12. The molecule has 0 saturated carbocycles. The number of amides is 1. The summed E-state index contributed by atoms with van der Waals surface area (Å²) in [5.74, 6) is -1.44. The second kappa shape index (κ2) is 6.15. The van der Waals surface area contributed by atoms with Gasteiger partial charge in [-0.15, -0.1) is 0 Å². The predicted molar refractivity (Wildman–Crippen MR) is 84.9 cm³/mol. The quantitative estimate of drug-likeness (QED) is 0.720. The van der Waals surface area contributed by atoms with E-state index in [-0.39, 0.29) is 5.56 Å². The highest BCUT2D eigenvalue weighted by molar-refractivity contribution is 9.10. The number of nitrogen functional groups attached to an aromatic ring is 1. The first kappa shape index (κ1) is 15.3. The summed E-state index contributed by atoms with van der Waals surface area (Å²) in [7, 11) is 0. The number of benzene rings is 2. The molecule has 0 aromatic heterocycles. The Morgan fingerprint density at radius 1 is 1.14 bits per heavy atom. The van der Waals surface area contributed by atoms with Crippen LogP contribution in [0, 0.1) is 0 Å². The van der Waals surface area contributed by atoms with Crippen LogP contribution in [0.25, 0.3) is 0 Å². The number of hydrogen-bond acceptors (Lipinski definition) is 3. The topological polar surface area (TPSA) is 92.4 Å². The minimum atomic E-state index is -1.05. The Morgan fingerprint density at radius 3 is 2.43 bits per heavy atom. The molecule has 108 valence electrons. The highest BCUT2D eigenvalue weighted by Crippen LogP contribution is 2.25. The lowest BCUT2D eigenvalue weighted by Gasteiger charge is -2.09. The first-order chi connectivity index (χ1) is 9.86. The van der Waals surface area contributed by atoms with Gasteiger partial charge in [0.15, 0.2) is 0 Å². The lowest BCUT2D eigenvalue weighted by atomic mass is 10.1. The second-order valence-electron chi connectivity index (χ2n) is 4.23. The molecule has 7 heteroatoms. The van der Waals surface area contributed by atoms with Crippen molar-refractivity contribution < 1.29 is 14.7 Å². The van der Waals surface area contributed by atoms with Crippen molar-refractivity contribution in [3.05, 3.63) is 57.0 Å². The molecule has 0 aliphatic carbocycles. The summed E-state index contributed by atoms with van der Waals surface area (Å²) in [6, 6.07) is 8.84. The molecule has 0 atom stereocenters. The van der Waals surface area contributed by atoms with E-state index in [2.05, 4.69) is 21.2 Å². The molecule has 1 amide bonds. The van der Waals surface area contributed by atoms with E-state index in [1.165, 1.54) is 36.4 Å². The van der Waals surface area contributed by atoms with E-state index in [4.69, 9.17) is 22.4 Å². The van der Waals surface area contributed by atoms with E-state index in [0.29, 0.717) is 26.4 Å². The lowest BCUT2D eigenvalue weighted by Crippen LogP contribution is -2.13. The normalized spacial score (nSPS) is 10.2. The third kappa shape index (κ3) is 3.74. The van der Waals surface area contributed by atoms with Crippen LogP contribution in [0.3, 0.4) is 0 Å². The number of rotatable bonds is 3. The largest absolute Gasteiger partial charge is 0.478 e. The Bertz CT molecular complexity index is 714. The highest BCUT2D eigenvalue weighted by atomic mass is 79.9. The fourth-order valence-electron chi connectivity index (χ4n) is 1.69. The van der Waals surface area contributed by atoms with E-state index in [0.717, 1.165) is 0 Å². The molecule has 0 bridgehead atoms. The zero-order valence-electron chi connectivity index (χ0n) is 10.6. The Hall–Kier alpha value is -2.05. The maximum atomic E-state index is 12.1. The number of anilines is 2. The fraction of sp³-hybridized carbons (Fsp3) is 0. The predicted octanol–water partition coefficient (Wildman–Crippen LogP) is 3.64. The van der Waals surface area contributed by atoms with Crippen LogP contribution < -0.4 is 11.1 Å². The third-order valence-electron chi connectivity index (χ3n) is 2.65. The zero-order chi connectivity index (χ0) is 15.6. The minimum Gasteiger partial charge on any atom is -0.478 e. The molecule has 0 heterocycles. The number of carboxylic acid groups (broad SMARTS) is 1. The first-order valence-corrected chi connectivity index (χ1v) is 6.94. The maximum absolute atomic E-state index is 12.1. The number of carbonyl (C=O) groups excluding carboxylic acids is 1. The number of hydrogen-bond donors (Lipinski definition) is 3. The van der Waals surface area contributed by atoms with E-state index in [9.17, 15) is 9.59 Å². The smallest absolute Gasteiger partial charge is 0.335 e. The summed E-state index contributed by atoms with van der Waals surface area (Å²) >= 11 is 9.07. The summed E-state index contributed by atoms with van der Waals surface area (Å²) in [4.78, 5) is 23.0. The molecule has 21 heavy (non-hydrogen) atoms. The molecular weight excluding hydrogens is 360 g/mol. The van der Waals surface area contributed by atoms with Crippen LogP contribution in [0.2, 0.25) is 5.02 Å². The van der Waals surface area contributed by atoms with Gasteiger partial charge in [-0.05, 0) is 52.3 Å². The van der Waals surface area contributed by atoms with Crippen molar-refractivity contribution in [3.63, 3.8) is 0 Å². The van der Waals surface area contributed by atoms with E-state index < -0.39 is 11.9 Å². The fourth-order valence-corrected chi connectivity index (χ4v) is 2.41. The summed E-state index contributed by atoms with van der Waals surface area (Å²) in [6.45, 7) is 0. The molecule has 2 aromatic rings. The van der Waals surface area contributed by atoms with Crippen LogP contribution in [-0.4, -0.2) is 17.0 Å². The van der Waals surface area contributed by atoms with Crippen molar-refractivity contribution in [1.82, 2.24) is 0 Å². The second-order valence-corrected chi connectivity index (χ2v) is 5.52. The molecule has 0 aliphatic rings. The number of carbonyl (C=O) groups is 2. The van der Waals surface area contributed by atoms with Crippen LogP contribution in [0.5, 0.6) is 0 Å². The number of carboxylic acids is 1. The van der Waals surface area contributed by atoms with Crippen molar-refractivity contribution in [2.45, 2.75) is 0 Å². The van der Waals surface area contributed by atoms with Gasteiger partial charge < -0.3 is 16.2 Å². The molecule has 2 rings (SSSR count). The van der Waals surface area contributed by atoms with Gasteiger partial charge in [0.25, 0.3) is 5.91 Å². The number of halogens is 2. The summed E-state index contributed by atoms with van der Waals surface area (Å²) in [5, 5.41) is 11.9. The van der Waals surface area contributed by atoms with Crippen molar-refractivity contribution in [2.24, 2.45) is 0 Å². The van der Waals surface area contributed by atoms with Gasteiger partial charge in [0.2, 0.25) is 0 Å². The lowest BCUT2D eigenvalue weighted by molar-refractivity contribution is 0.0696. The van der Waals surface area contributed by atoms with Crippen molar-refractivity contribution in [2.75, 3.05) is 11.1 Å². The first-order valence-electron chi connectivity index (χ1n) is 5.77. The Balaban J connectivity index is 2.25. The summed E-state index contributed by atoms with van der Waals surface area (Å²) < 4.78 is 0.464. The number of nitrogens with two attached hydrogens (primary N) is 1. The summed E-state index contributed by atoms with van der Waals surface area (Å²) in [5.41, 5.74) is 6.90. The van der Waals surface area contributed by atoms with Crippen LogP contribution in [-0.2, 0) is 0 Å². The summed E-state index contributed by atoms with van der Waals surface area (Å²) in [6.07, 6.45) is 0. The van der Waals surface area contributed by atoms with Crippen LogP contribution in [0.1, 0.15) is 20.7 Å². The Kier molecular flexibility index (Phi) is 4.50. The average molecular weight is 370 g/mol. The molecule has 0 spiro atoms. The van der Waals surface area contributed by atoms with E-state index >= 15 is 0 Å². The minimum absolute atomic E-state index is 0.117. The molecule has 4 N–H and O–H groups in total. The standard InChI is InChI=1S/C14H10BrClN2O3/c15-11-5-7(14(20)21)1-2-12(11)18-13(19)8-3-9(16)6-10(17)4-8/h1-6H,17H2,(H,18,19)(H,20,21). The Morgan fingerprint density at radius 2 is 1.86 bits per heavy atom. The van der Waals surface area contributed by atoms with Gasteiger partial charge in [-0.25, -0.2) is 4.79 Å². The van der Waals surface area contributed by atoms with Crippen molar-refractivity contribution in [3.8, 4) is 0 Å². The van der Waals surface area contributed by atoms with E-state index in [1.54, 1.807) is 0 Å². The monoisotopic (exact) mass is 368 g/mol. The molecule has 2 aromatic carbocycles. The van der Waals surface area contributed by atoms with E-state index in [1.807, 2.05) is 0 Å². The van der Waals surface area contributed by atoms with Crippen LogP contribution in [0.4, 0.5) is 11.4 Å².